The molecule has 1 heterocycles. The zero-order valence-corrected chi connectivity index (χ0v) is 15.0. The summed E-state index contributed by atoms with van der Waals surface area (Å²) in [6, 6.07) is 20.3. The number of hydrogen-bond acceptors (Lipinski definition) is 1. The van der Waals surface area contributed by atoms with Crippen molar-refractivity contribution in [3.8, 4) is 0 Å². The molecule has 0 unspecified atom stereocenters. The van der Waals surface area contributed by atoms with Crippen LogP contribution in [0.25, 0.3) is 0 Å². The number of rotatable bonds is 2. The molecule has 0 saturated heterocycles. The summed E-state index contributed by atoms with van der Waals surface area (Å²) in [5.74, 6) is 0.916. The van der Waals surface area contributed by atoms with Crippen molar-refractivity contribution in [1.29, 1.82) is 0 Å². The van der Waals surface area contributed by atoms with E-state index in [0.29, 0.717) is 0 Å². The normalized spacial score (nSPS) is 11.9. The number of benzene rings is 2. The lowest BCUT2D eigenvalue weighted by molar-refractivity contribution is -0.753. The van der Waals surface area contributed by atoms with E-state index in [-0.39, 0.29) is 17.9 Å². The molecule has 0 aliphatic carbocycles. The van der Waals surface area contributed by atoms with E-state index in [2.05, 4.69) is 60.8 Å². The van der Waals surface area contributed by atoms with Crippen molar-refractivity contribution in [2.45, 2.75) is 26.3 Å². The summed E-state index contributed by atoms with van der Waals surface area (Å²) in [6.45, 7) is 6.57. The van der Waals surface area contributed by atoms with Gasteiger partial charge in [-0.05, 0) is 45.0 Å². The highest BCUT2D eigenvalue weighted by atomic mass is 35.5. The van der Waals surface area contributed by atoms with E-state index in [1.165, 1.54) is 0 Å². The highest BCUT2D eigenvalue weighted by molar-refractivity contribution is 6.01. The lowest BCUT2D eigenvalue weighted by Gasteiger charge is -2.13. The van der Waals surface area contributed by atoms with Gasteiger partial charge in [0.25, 0.3) is 6.33 Å². The summed E-state index contributed by atoms with van der Waals surface area (Å²) in [5.41, 5.74) is 2.08. The average molecular weight is 340 g/mol. The quantitative estimate of drug-likeness (QED) is 0.380. The van der Waals surface area contributed by atoms with Gasteiger partial charge in [0, 0.05) is 5.56 Å². The predicted molar refractivity (Wildman–Crippen MR) is 94.1 cm³/mol. The van der Waals surface area contributed by atoms with Gasteiger partial charge in [-0.1, -0.05) is 36.4 Å². The van der Waals surface area contributed by atoms with Gasteiger partial charge in [0.15, 0.2) is 0 Å². The molecule has 2 aromatic carbocycles. The second-order valence-corrected chi connectivity index (χ2v) is 6.54. The molecule has 3 aromatic rings. The molecule has 0 aliphatic rings. The van der Waals surface area contributed by atoms with Crippen molar-refractivity contribution in [1.82, 2.24) is 4.57 Å². The lowest BCUT2D eigenvalue weighted by Crippen LogP contribution is -3.00. The number of aliphatic imine (C=N–C) groups is 1. The molecule has 0 spiro atoms. The second kappa shape index (κ2) is 7.45. The Balaban J connectivity index is 0.00000208. The van der Waals surface area contributed by atoms with Gasteiger partial charge in [-0.15, -0.1) is 0 Å². The second-order valence-electron chi connectivity index (χ2n) is 6.54. The number of imidazole rings is 1. The first-order valence-corrected chi connectivity index (χ1v) is 7.83. The van der Waals surface area contributed by atoms with Crippen LogP contribution >= 0.6 is 0 Å². The number of aromatic nitrogens is 2. The van der Waals surface area contributed by atoms with Gasteiger partial charge >= 0.3 is 0 Å². The fourth-order valence-corrected chi connectivity index (χ4v) is 2.36. The largest absolute Gasteiger partial charge is 1.00 e. The minimum atomic E-state index is 0. The lowest BCUT2D eigenvalue weighted by atomic mass is 10.1. The highest BCUT2D eigenvalue weighted by Gasteiger charge is 2.21. The van der Waals surface area contributed by atoms with E-state index in [1.54, 1.807) is 0 Å². The Labute approximate surface area is 149 Å². The van der Waals surface area contributed by atoms with E-state index >= 15 is 0 Å². The predicted octanol–water partition coefficient (Wildman–Crippen LogP) is 1.16. The van der Waals surface area contributed by atoms with Gasteiger partial charge in [0.2, 0.25) is 5.84 Å². The number of hydrogen-bond donors (Lipinski definition) is 0. The van der Waals surface area contributed by atoms with Crippen molar-refractivity contribution in [2.24, 2.45) is 4.99 Å². The molecule has 0 saturated carbocycles. The van der Waals surface area contributed by atoms with E-state index < -0.39 is 0 Å². The molecular weight excluding hydrogens is 318 g/mol. The summed E-state index contributed by atoms with van der Waals surface area (Å²) < 4.78 is 4.27. The van der Waals surface area contributed by atoms with Crippen LogP contribution in [0.1, 0.15) is 26.3 Å². The maximum Gasteiger partial charge on any atom is 0.250 e. The number of para-hydroxylation sites is 1. The van der Waals surface area contributed by atoms with E-state index in [9.17, 15) is 0 Å². The minimum absolute atomic E-state index is 0. The summed E-state index contributed by atoms with van der Waals surface area (Å²) >= 11 is 0. The van der Waals surface area contributed by atoms with Crippen LogP contribution in [0, 0.1) is 0 Å². The molecule has 1 aromatic heterocycles. The van der Waals surface area contributed by atoms with Crippen molar-refractivity contribution in [2.75, 3.05) is 0 Å². The molecule has 0 radical (unpaired) electrons. The first-order valence-electron chi connectivity index (χ1n) is 7.83. The standard InChI is InChI=1S/C20H22N3.ClH/c1-20(2,3)23-15-14-22(16-23)19(17-10-6-4-7-11-17)21-18-12-8-5-9-13-18;/h4-16H,1-3H3;1H/q+1;/p-1. The van der Waals surface area contributed by atoms with E-state index in [0.717, 1.165) is 17.1 Å². The molecule has 0 bridgehead atoms. The topological polar surface area (TPSA) is 21.2 Å². The fraction of sp³-hybridized carbons (Fsp3) is 0.200. The smallest absolute Gasteiger partial charge is 0.250 e. The van der Waals surface area contributed by atoms with Crippen LogP contribution in [-0.4, -0.2) is 10.4 Å². The molecule has 24 heavy (non-hydrogen) atoms. The van der Waals surface area contributed by atoms with Gasteiger partial charge in [-0.3, -0.25) is 0 Å². The molecule has 0 N–H and O–H groups in total. The van der Waals surface area contributed by atoms with Crippen LogP contribution in [0.15, 0.2) is 84.4 Å². The Hall–Kier alpha value is -2.39. The SMILES string of the molecule is CC(C)(C)[n+]1ccn(C(=Nc2ccccc2)c2ccccc2)c1.[Cl-]. The molecule has 0 atom stereocenters. The summed E-state index contributed by atoms with van der Waals surface area (Å²) in [6.07, 6.45) is 6.23. The molecule has 3 nitrogen and oxygen atoms in total. The molecule has 0 amide bonds. The Morgan fingerprint density at radius 1 is 0.917 bits per heavy atom. The maximum absolute atomic E-state index is 4.86. The monoisotopic (exact) mass is 339 g/mol. The minimum Gasteiger partial charge on any atom is -1.00 e. The van der Waals surface area contributed by atoms with Gasteiger partial charge in [0.05, 0.1) is 5.69 Å². The van der Waals surface area contributed by atoms with Crippen molar-refractivity contribution in [3.05, 3.63) is 84.9 Å². The third-order valence-electron chi connectivity index (χ3n) is 3.68. The zero-order chi connectivity index (χ0) is 16.3. The van der Waals surface area contributed by atoms with Crippen LogP contribution < -0.4 is 17.0 Å². The van der Waals surface area contributed by atoms with Crippen LogP contribution in [0.5, 0.6) is 0 Å². The van der Waals surface area contributed by atoms with Crippen molar-refractivity contribution in [3.63, 3.8) is 0 Å². The third-order valence-corrected chi connectivity index (χ3v) is 3.68. The molecule has 4 heteroatoms. The van der Waals surface area contributed by atoms with E-state index in [1.807, 2.05) is 48.5 Å². The maximum atomic E-state index is 4.86. The Bertz CT molecular complexity index is 800. The molecule has 124 valence electrons. The van der Waals surface area contributed by atoms with Crippen molar-refractivity contribution >= 4 is 11.5 Å². The molecule has 0 fully saturated rings. The van der Waals surface area contributed by atoms with Crippen LogP contribution in [0.3, 0.4) is 0 Å². The van der Waals surface area contributed by atoms with Crippen LogP contribution in [0.2, 0.25) is 0 Å². The molecular formula is C20H22ClN3. The molecule has 0 aliphatic heterocycles. The summed E-state index contributed by atoms with van der Waals surface area (Å²) in [4.78, 5) is 4.86. The Morgan fingerprint density at radius 3 is 2.04 bits per heavy atom. The average Bonchev–Trinajstić information content (AvgIpc) is 3.04. The Morgan fingerprint density at radius 2 is 1.50 bits per heavy atom. The fourth-order valence-electron chi connectivity index (χ4n) is 2.36. The zero-order valence-electron chi connectivity index (χ0n) is 14.2. The van der Waals surface area contributed by atoms with Gasteiger partial charge in [0.1, 0.15) is 17.9 Å². The van der Waals surface area contributed by atoms with E-state index in [4.69, 9.17) is 4.99 Å². The van der Waals surface area contributed by atoms with Gasteiger partial charge in [-0.2, -0.15) is 4.57 Å². The summed E-state index contributed by atoms with van der Waals surface area (Å²) in [7, 11) is 0. The first-order chi connectivity index (χ1) is 11.0. The number of halogens is 1. The van der Waals surface area contributed by atoms with Crippen molar-refractivity contribution < 1.29 is 17.0 Å². The Kier molecular flexibility index (Phi) is 5.58. The third kappa shape index (κ3) is 4.12. The van der Waals surface area contributed by atoms with Crippen LogP contribution in [-0.2, 0) is 5.54 Å². The highest BCUT2D eigenvalue weighted by Crippen LogP contribution is 2.14. The first kappa shape index (κ1) is 18.0. The summed E-state index contributed by atoms with van der Waals surface area (Å²) in [5, 5.41) is 0. The van der Waals surface area contributed by atoms with Gasteiger partial charge < -0.3 is 12.4 Å². The van der Waals surface area contributed by atoms with Crippen LogP contribution in [0.4, 0.5) is 5.69 Å². The number of nitrogens with zero attached hydrogens (tertiary/aromatic N) is 3. The van der Waals surface area contributed by atoms with Gasteiger partial charge in [-0.25, -0.2) is 9.56 Å². The molecule has 3 rings (SSSR count).